The highest BCUT2D eigenvalue weighted by Crippen LogP contribution is 2.33. The van der Waals surface area contributed by atoms with E-state index in [4.69, 9.17) is 4.74 Å². The molecule has 0 aromatic heterocycles. The summed E-state index contributed by atoms with van der Waals surface area (Å²) in [7, 11) is 0. The Labute approximate surface area is 184 Å². The van der Waals surface area contributed by atoms with Crippen LogP contribution in [0, 0.1) is 0 Å². The van der Waals surface area contributed by atoms with Gasteiger partial charge in [0.15, 0.2) is 5.78 Å². The normalized spacial score (nSPS) is 17.1. The molecular weight excluding hydrogens is 386 g/mol. The van der Waals surface area contributed by atoms with Crippen LogP contribution >= 0.6 is 0 Å². The largest absolute Gasteiger partial charge is 0.489 e. The second-order valence-corrected chi connectivity index (χ2v) is 8.27. The van der Waals surface area contributed by atoms with Crippen molar-refractivity contribution in [1.29, 1.82) is 0 Å². The molecule has 1 atom stereocenters. The van der Waals surface area contributed by atoms with Gasteiger partial charge in [0.05, 0.1) is 11.6 Å². The Hall–Kier alpha value is -2.95. The van der Waals surface area contributed by atoms with Gasteiger partial charge < -0.3 is 9.84 Å². The van der Waals surface area contributed by atoms with Crippen molar-refractivity contribution in [1.82, 2.24) is 4.90 Å². The minimum Gasteiger partial charge on any atom is -0.489 e. The summed E-state index contributed by atoms with van der Waals surface area (Å²) < 4.78 is 5.82. The van der Waals surface area contributed by atoms with E-state index < -0.39 is 5.60 Å². The zero-order valence-electron chi connectivity index (χ0n) is 17.9. The van der Waals surface area contributed by atoms with Crippen LogP contribution < -0.4 is 4.74 Å². The minimum atomic E-state index is -0.807. The molecule has 4 nitrogen and oxygen atoms in total. The molecule has 0 radical (unpaired) electrons. The summed E-state index contributed by atoms with van der Waals surface area (Å²) in [5, 5.41) is 11.0. The molecule has 0 saturated carbocycles. The number of Topliss-reactive ketones (excluding diaryl/α,β-unsaturated/α-hetero) is 1. The number of carbonyl (C=O) groups excluding carboxylic acids is 1. The number of piperidine rings is 1. The lowest BCUT2D eigenvalue weighted by Crippen LogP contribution is -2.48. The average molecular weight is 416 g/mol. The summed E-state index contributed by atoms with van der Waals surface area (Å²) in [6.45, 7) is 3.84. The Morgan fingerprint density at radius 2 is 1.52 bits per heavy atom. The molecule has 160 valence electrons. The third-order valence-electron chi connectivity index (χ3n) is 6.25. The quantitative estimate of drug-likeness (QED) is 0.562. The highest BCUT2D eigenvalue weighted by atomic mass is 16.5. The van der Waals surface area contributed by atoms with Crippen molar-refractivity contribution in [3.8, 4) is 5.75 Å². The average Bonchev–Trinajstić information content (AvgIpc) is 2.84. The highest BCUT2D eigenvalue weighted by molar-refractivity contribution is 5.99. The van der Waals surface area contributed by atoms with Gasteiger partial charge >= 0.3 is 0 Å². The van der Waals surface area contributed by atoms with Crippen LogP contribution in [0.3, 0.4) is 0 Å². The van der Waals surface area contributed by atoms with Crippen molar-refractivity contribution in [2.45, 2.75) is 38.0 Å². The van der Waals surface area contributed by atoms with Crippen molar-refractivity contribution in [2.24, 2.45) is 0 Å². The molecule has 1 unspecified atom stereocenters. The summed E-state index contributed by atoms with van der Waals surface area (Å²) in [5.41, 5.74) is 1.94. The lowest BCUT2D eigenvalue weighted by atomic mass is 9.84. The Morgan fingerprint density at radius 1 is 0.935 bits per heavy atom. The highest BCUT2D eigenvalue weighted by Gasteiger charge is 2.36. The Morgan fingerprint density at radius 3 is 2.13 bits per heavy atom. The van der Waals surface area contributed by atoms with Gasteiger partial charge in [-0.2, -0.15) is 0 Å². The van der Waals surface area contributed by atoms with E-state index in [1.807, 2.05) is 91.9 Å². The van der Waals surface area contributed by atoms with Gasteiger partial charge in [0, 0.05) is 18.7 Å². The van der Waals surface area contributed by atoms with Crippen LogP contribution in [0.2, 0.25) is 0 Å². The molecule has 1 fully saturated rings. The molecule has 0 amide bonds. The number of hydrogen-bond acceptors (Lipinski definition) is 4. The third-order valence-corrected chi connectivity index (χ3v) is 6.25. The molecule has 0 bridgehead atoms. The number of ketones is 1. The number of aliphatic hydroxyl groups is 1. The van der Waals surface area contributed by atoms with Crippen LogP contribution in [-0.2, 0) is 12.2 Å². The summed E-state index contributed by atoms with van der Waals surface area (Å²) >= 11 is 0. The third kappa shape index (κ3) is 5.04. The summed E-state index contributed by atoms with van der Waals surface area (Å²) in [6, 6.07) is 27.0. The first kappa shape index (κ1) is 21.3. The smallest absolute Gasteiger partial charge is 0.179 e. The van der Waals surface area contributed by atoms with Crippen molar-refractivity contribution < 1.29 is 14.6 Å². The number of nitrogens with zero attached hydrogens (tertiary/aromatic N) is 1. The van der Waals surface area contributed by atoms with Crippen LogP contribution in [0.15, 0.2) is 84.9 Å². The van der Waals surface area contributed by atoms with E-state index in [0.717, 1.165) is 16.9 Å². The van der Waals surface area contributed by atoms with Gasteiger partial charge in [-0.15, -0.1) is 0 Å². The van der Waals surface area contributed by atoms with Crippen molar-refractivity contribution in [3.05, 3.63) is 102 Å². The van der Waals surface area contributed by atoms with E-state index in [0.29, 0.717) is 38.1 Å². The van der Waals surface area contributed by atoms with E-state index in [2.05, 4.69) is 4.90 Å². The first-order chi connectivity index (χ1) is 15.0. The van der Waals surface area contributed by atoms with Gasteiger partial charge in [0.25, 0.3) is 0 Å². The van der Waals surface area contributed by atoms with Gasteiger partial charge in [-0.3, -0.25) is 9.69 Å². The summed E-state index contributed by atoms with van der Waals surface area (Å²) in [5.74, 6) is 0.846. The maximum Gasteiger partial charge on any atom is 0.179 e. The molecule has 1 aliphatic heterocycles. The Kier molecular flexibility index (Phi) is 6.50. The molecule has 0 spiro atoms. The van der Waals surface area contributed by atoms with Gasteiger partial charge in [-0.25, -0.2) is 0 Å². The molecular formula is C27H29NO3. The molecule has 4 rings (SSSR count). The fraction of sp³-hybridized carbons (Fsp3) is 0.296. The first-order valence-electron chi connectivity index (χ1n) is 10.9. The fourth-order valence-corrected chi connectivity index (χ4v) is 4.18. The second kappa shape index (κ2) is 9.46. The number of ether oxygens (including phenoxy) is 1. The second-order valence-electron chi connectivity index (χ2n) is 8.27. The predicted octanol–water partition coefficient (Wildman–Crippen LogP) is 4.82. The van der Waals surface area contributed by atoms with Gasteiger partial charge in [0.1, 0.15) is 12.4 Å². The van der Waals surface area contributed by atoms with Gasteiger partial charge in [-0.1, -0.05) is 60.7 Å². The van der Waals surface area contributed by atoms with Gasteiger partial charge in [-0.05, 0) is 55.2 Å². The molecule has 1 saturated heterocycles. The standard InChI is InChI=1S/C27H29NO3/c1-21(28-18-16-27(30,17-19-28)24-10-6-3-7-11-24)26(29)23-12-14-25(15-13-23)31-20-22-8-4-2-5-9-22/h2-15,21,30H,16-20H2,1H3. The van der Waals surface area contributed by atoms with Crippen LogP contribution in [0.5, 0.6) is 5.75 Å². The van der Waals surface area contributed by atoms with Crippen LogP contribution in [-0.4, -0.2) is 34.9 Å². The van der Waals surface area contributed by atoms with Crippen LogP contribution in [0.25, 0.3) is 0 Å². The van der Waals surface area contributed by atoms with E-state index in [-0.39, 0.29) is 11.8 Å². The maximum atomic E-state index is 13.0. The van der Waals surface area contributed by atoms with E-state index in [1.165, 1.54) is 0 Å². The monoisotopic (exact) mass is 415 g/mol. The molecule has 1 aliphatic rings. The SMILES string of the molecule is CC(C(=O)c1ccc(OCc2ccccc2)cc1)N1CCC(O)(c2ccccc2)CC1. The van der Waals surface area contributed by atoms with E-state index in [1.54, 1.807) is 0 Å². The number of rotatable bonds is 7. The van der Waals surface area contributed by atoms with E-state index in [9.17, 15) is 9.90 Å². The van der Waals surface area contributed by atoms with Gasteiger partial charge in [0.2, 0.25) is 0 Å². The first-order valence-corrected chi connectivity index (χ1v) is 10.9. The van der Waals surface area contributed by atoms with E-state index >= 15 is 0 Å². The minimum absolute atomic E-state index is 0.0970. The Bertz CT molecular complexity index is 978. The lowest BCUT2D eigenvalue weighted by molar-refractivity contribution is -0.0318. The van der Waals surface area contributed by atoms with Crippen molar-refractivity contribution >= 4 is 5.78 Å². The summed E-state index contributed by atoms with van der Waals surface area (Å²) in [6.07, 6.45) is 1.25. The number of likely N-dealkylation sites (tertiary alicyclic amines) is 1. The topological polar surface area (TPSA) is 49.8 Å². The Balaban J connectivity index is 1.33. The van der Waals surface area contributed by atoms with Crippen molar-refractivity contribution in [2.75, 3.05) is 13.1 Å². The predicted molar refractivity (Wildman–Crippen MR) is 122 cm³/mol. The maximum absolute atomic E-state index is 13.0. The molecule has 4 heteroatoms. The van der Waals surface area contributed by atoms with Crippen molar-refractivity contribution in [3.63, 3.8) is 0 Å². The molecule has 3 aromatic carbocycles. The summed E-state index contributed by atoms with van der Waals surface area (Å²) in [4.78, 5) is 15.2. The molecule has 1 N–H and O–H groups in total. The number of carbonyl (C=O) groups is 1. The zero-order valence-corrected chi connectivity index (χ0v) is 17.9. The molecule has 3 aromatic rings. The molecule has 31 heavy (non-hydrogen) atoms. The number of hydrogen-bond donors (Lipinski definition) is 1. The zero-order chi connectivity index (χ0) is 21.7. The van der Waals surface area contributed by atoms with Crippen LogP contribution in [0.4, 0.5) is 0 Å². The van der Waals surface area contributed by atoms with Crippen LogP contribution in [0.1, 0.15) is 41.3 Å². The number of benzene rings is 3. The lowest BCUT2D eigenvalue weighted by Gasteiger charge is -2.40. The fourth-order valence-electron chi connectivity index (χ4n) is 4.18. The molecule has 1 heterocycles. The molecule has 0 aliphatic carbocycles.